The van der Waals surface area contributed by atoms with Crippen molar-refractivity contribution in [2.45, 2.75) is 20.4 Å². The number of methoxy groups -OCH3 is 1. The third-order valence-electron chi connectivity index (χ3n) is 4.25. The van der Waals surface area contributed by atoms with E-state index in [2.05, 4.69) is 20.8 Å². The van der Waals surface area contributed by atoms with Gasteiger partial charge in [-0.05, 0) is 54.8 Å². The Balaban J connectivity index is 1.61. The van der Waals surface area contributed by atoms with E-state index in [9.17, 15) is 4.79 Å². The fraction of sp³-hybridized carbons (Fsp3) is 0.190. The lowest BCUT2D eigenvalue weighted by molar-refractivity contribution is 0.102. The summed E-state index contributed by atoms with van der Waals surface area (Å²) in [6.07, 6.45) is 0. The molecule has 0 spiro atoms. The van der Waals surface area contributed by atoms with Crippen molar-refractivity contribution >= 4 is 17.4 Å². The van der Waals surface area contributed by atoms with E-state index in [0.29, 0.717) is 12.4 Å². The smallest absolute Gasteiger partial charge is 0.276 e. The number of carbonyl (C=O) groups is 1. The van der Waals surface area contributed by atoms with Gasteiger partial charge in [-0.1, -0.05) is 30.3 Å². The highest BCUT2D eigenvalue weighted by molar-refractivity contribution is 6.03. The van der Waals surface area contributed by atoms with Crippen LogP contribution in [0.2, 0.25) is 0 Å². The van der Waals surface area contributed by atoms with Gasteiger partial charge in [0.1, 0.15) is 11.6 Å². The van der Waals surface area contributed by atoms with Crippen LogP contribution in [0.25, 0.3) is 0 Å². The Bertz CT molecular complexity index is 902. The van der Waals surface area contributed by atoms with E-state index in [0.717, 1.165) is 28.1 Å². The highest BCUT2D eigenvalue weighted by Gasteiger charge is 2.11. The lowest BCUT2D eigenvalue weighted by atomic mass is 10.1. The minimum Gasteiger partial charge on any atom is -0.497 e. The molecule has 0 saturated heterocycles. The molecule has 1 amide bonds. The van der Waals surface area contributed by atoms with E-state index >= 15 is 0 Å². The summed E-state index contributed by atoms with van der Waals surface area (Å²) in [7, 11) is 1.64. The molecule has 0 aliphatic rings. The molecule has 6 heteroatoms. The molecule has 0 aliphatic heterocycles. The third kappa shape index (κ3) is 4.61. The number of nitrogens with one attached hydrogen (secondary N) is 2. The Morgan fingerprint density at radius 2 is 1.67 bits per heavy atom. The van der Waals surface area contributed by atoms with Gasteiger partial charge in [0.05, 0.1) is 7.11 Å². The fourth-order valence-corrected chi connectivity index (χ4v) is 2.67. The minimum absolute atomic E-state index is 0.271. The van der Waals surface area contributed by atoms with Crippen LogP contribution in [0.3, 0.4) is 0 Å². The van der Waals surface area contributed by atoms with Crippen LogP contribution in [0, 0.1) is 13.8 Å². The van der Waals surface area contributed by atoms with Crippen molar-refractivity contribution in [1.29, 1.82) is 0 Å². The first-order valence-electron chi connectivity index (χ1n) is 8.65. The fourth-order valence-electron chi connectivity index (χ4n) is 2.67. The predicted molar refractivity (Wildman–Crippen MR) is 106 cm³/mol. The van der Waals surface area contributed by atoms with Gasteiger partial charge in [-0.3, -0.25) is 4.79 Å². The molecule has 0 fully saturated rings. The largest absolute Gasteiger partial charge is 0.497 e. The highest BCUT2D eigenvalue weighted by Crippen LogP contribution is 2.20. The zero-order valence-electron chi connectivity index (χ0n) is 15.6. The molecule has 3 aromatic rings. The summed E-state index contributed by atoms with van der Waals surface area (Å²) in [6, 6.07) is 17.1. The van der Waals surface area contributed by atoms with Crippen LogP contribution >= 0.6 is 0 Å². The zero-order chi connectivity index (χ0) is 19.2. The summed E-state index contributed by atoms with van der Waals surface area (Å²) in [4.78, 5) is 12.4. The normalized spacial score (nSPS) is 10.3. The molecule has 2 aromatic carbocycles. The number of para-hydroxylation sites is 1. The standard InChI is InChI=1S/C21H22N4O2/c1-14-5-4-6-15(2)20(14)23-21(26)18-11-12-19(25-24-18)22-13-16-7-9-17(27-3)10-8-16/h4-12H,13H2,1-3H3,(H,22,25)(H,23,26). The van der Waals surface area contributed by atoms with Gasteiger partial charge in [-0.2, -0.15) is 0 Å². The van der Waals surface area contributed by atoms with Gasteiger partial charge in [-0.25, -0.2) is 0 Å². The number of carbonyl (C=O) groups excluding carboxylic acids is 1. The molecule has 1 heterocycles. The van der Waals surface area contributed by atoms with Gasteiger partial charge < -0.3 is 15.4 Å². The SMILES string of the molecule is COc1ccc(CNc2ccc(C(=O)Nc3c(C)cccc3C)nn2)cc1. The number of aryl methyl sites for hydroxylation is 2. The van der Waals surface area contributed by atoms with E-state index in [1.54, 1.807) is 19.2 Å². The molecule has 6 nitrogen and oxygen atoms in total. The van der Waals surface area contributed by atoms with E-state index in [-0.39, 0.29) is 11.6 Å². The van der Waals surface area contributed by atoms with Gasteiger partial charge in [0, 0.05) is 12.2 Å². The molecule has 3 rings (SSSR count). The second kappa shape index (κ2) is 8.31. The maximum absolute atomic E-state index is 12.4. The summed E-state index contributed by atoms with van der Waals surface area (Å²) in [5.41, 5.74) is 4.19. The molecule has 138 valence electrons. The Kier molecular flexibility index (Phi) is 5.66. The Labute approximate surface area is 158 Å². The van der Waals surface area contributed by atoms with Crippen LogP contribution in [-0.4, -0.2) is 23.2 Å². The lowest BCUT2D eigenvalue weighted by Gasteiger charge is -2.11. The van der Waals surface area contributed by atoms with Crippen molar-refractivity contribution in [1.82, 2.24) is 10.2 Å². The molecule has 0 aliphatic carbocycles. The molecule has 2 N–H and O–H groups in total. The minimum atomic E-state index is -0.276. The van der Waals surface area contributed by atoms with Gasteiger partial charge in [0.25, 0.3) is 5.91 Å². The number of aromatic nitrogens is 2. The van der Waals surface area contributed by atoms with Crippen molar-refractivity contribution in [2.24, 2.45) is 0 Å². The van der Waals surface area contributed by atoms with Crippen molar-refractivity contribution < 1.29 is 9.53 Å². The number of hydrogen-bond donors (Lipinski definition) is 2. The van der Waals surface area contributed by atoms with E-state index in [4.69, 9.17) is 4.74 Å². The molecule has 0 atom stereocenters. The van der Waals surface area contributed by atoms with Gasteiger partial charge in [-0.15, -0.1) is 10.2 Å². The van der Waals surface area contributed by atoms with Crippen molar-refractivity contribution in [3.8, 4) is 5.75 Å². The molecule has 0 bridgehead atoms. The predicted octanol–water partition coefficient (Wildman–Crippen LogP) is 3.97. The molecular formula is C21H22N4O2. The third-order valence-corrected chi connectivity index (χ3v) is 4.25. The number of benzene rings is 2. The number of ether oxygens (including phenoxy) is 1. The van der Waals surface area contributed by atoms with Gasteiger partial charge >= 0.3 is 0 Å². The molecule has 1 aromatic heterocycles. The summed E-state index contributed by atoms with van der Waals surface area (Å²) in [5, 5.41) is 14.2. The number of anilines is 2. The molecular weight excluding hydrogens is 340 g/mol. The Morgan fingerprint density at radius 1 is 0.963 bits per heavy atom. The van der Waals surface area contributed by atoms with Crippen LogP contribution in [0.15, 0.2) is 54.6 Å². The van der Waals surface area contributed by atoms with Gasteiger partial charge in [0.15, 0.2) is 5.69 Å². The summed E-state index contributed by atoms with van der Waals surface area (Å²) < 4.78 is 5.14. The number of hydrogen-bond acceptors (Lipinski definition) is 5. The Hall–Kier alpha value is -3.41. The number of amides is 1. The van der Waals surface area contributed by atoms with E-state index in [1.165, 1.54) is 0 Å². The molecule has 0 saturated carbocycles. The van der Waals surface area contributed by atoms with Crippen LogP contribution in [-0.2, 0) is 6.54 Å². The molecule has 0 radical (unpaired) electrons. The lowest BCUT2D eigenvalue weighted by Crippen LogP contribution is -2.16. The van der Waals surface area contributed by atoms with Crippen LogP contribution in [0.1, 0.15) is 27.2 Å². The average Bonchev–Trinajstić information content (AvgIpc) is 2.70. The summed E-state index contributed by atoms with van der Waals surface area (Å²) in [6.45, 7) is 4.52. The monoisotopic (exact) mass is 362 g/mol. The summed E-state index contributed by atoms with van der Waals surface area (Å²) >= 11 is 0. The van der Waals surface area contributed by atoms with Crippen molar-refractivity contribution in [3.63, 3.8) is 0 Å². The van der Waals surface area contributed by atoms with E-state index < -0.39 is 0 Å². The van der Waals surface area contributed by atoms with Gasteiger partial charge in [0.2, 0.25) is 0 Å². The Morgan fingerprint density at radius 3 is 2.26 bits per heavy atom. The second-order valence-electron chi connectivity index (χ2n) is 6.23. The van der Waals surface area contributed by atoms with Crippen LogP contribution in [0.5, 0.6) is 5.75 Å². The first kappa shape index (κ1) is 18.4. The quantitative estimate of drug-likeness (QED) is 0.694. The number of nitrogens with zero attached hydrogens (tertiary/aromatic N) is 2. The maximum atomic E-state index is 12.4. The first-order chi connectivity index (χ1) is 13.1. The molecule has 27 heavy (non-hydrogen) atoms. The second-order valence-corrected chi connectivity index (χ2v) is 6.23. The number of rotatable bonds is 6. The first-order valence-corrected chi connectivity index (χ1v) is 8.65. The highest BCUT2D eigenvalue weighted by atomic mass is 16.5. The van der Waals surface area contributed by atoms with Crippen LogP contribution in [0.4, 0.5) is 11.5 Å². The summed E-state index contributed by atoms with van der Waals surface area (Å²) in [5.74, 6) is 1.15. The topological polar surface area (TPSA) is 76.1 Å². The van der Waals surface area contributed by atoms with Crippen LogP contribution < -0.4 is 15.4 Å². The molecule has 0 unspecified atom stereocenters. The zero-order valence-corrected chi connectivity index (χ0v) is 15.6. The average molecular weight is 362 g/mol. The van der Waals surface area contributed by atoms with E-state index in [1.807, 2.05) is 56.3 Å². The maximum Gasteiger partial charge on any atom is 0.276 e. The van der Waals surface area contributed by atoms with Crippen molar-refractivity contribution in [3.05, 3.63) is 77.0 Å². The van der Waals surface area contributed by atoms with Crippen molar-refractivity contribution in [2.75, 3.05) is 17.7 Å².